The van der Waals surface area contributed by atoms with Gasteiger partial charge in [-0.15, -0.1) is 0 Å². The number of aliphatic hydroxyl groups is 1. The van der Waals surface area contributed by atoms with E-state index in [-0.39, 0.29) is 24.1 Å². The molecule has 0 bridgehead atoms. The number of nitrogens with zero attached hydrogens (tertiary/aromatic N) is 6. The molecule has 2 saturated heterocycles. The molecule has 3 atom stereocenters. The van der Waals surface area contributed by atoms with Gasteiger partial charge < -0.3 is 30.1 Å². The number of alkyl halides is 5. The quantitative estimate of drug-likeness (QED) is 0.0967. The number of amides is 1. The maximum absolute atomic E-state index is 15.1. The Morgan fingerprint density at radius 1 is 0.952 bits per heavy atom. The molecule has 0 radical (unpaired) electrons. The molecule has 6 rings (SSSR count). The number of nitrogens with one attached hydrogen (secondary N) is 2. The van der Waals surface area contributed by atoms with Crippen LogP contribution in [0, 0.1) is 34.8 Å². The summed E-state index contributed by atoms with van der Waals surface area (Å²) in [6, 6.07) is 6.99. The summed E-state index contributed by atoms with van der Waals surface area (Å²) in [5.41, 5.74) is -1.44. The van der Waals surface area contributed by atoms with Crippen LogP contribution in [0.5, 0.6) is 0 Å². The van der Waals surface area contributed by atoms with Crippen molar-refractivity contribution in [2.24, 2.45) is 11.3 Å². The van der Waals surface area contributed by atoms with Gasteiger partial charge in [0.1, 0.15) is 17.7 Å². The molecular weight excluding hydrogens is 842 g/mol. The Hall–Kier alpha value is -5.62. The Balaban J connectivity index is 1.14. The Kier molecular flexibility index (Phi) is 15.1. The maximum Gasteiger partial charge on any atom is 0.407 e. The fraction of sp³-hybridized carbons (Fsp3) is 0.465. The number of methoxy groups -OCH3 is 1. The molecule has 63 heavy (non-hydrogen) atoms. The Labute approximate surface area is 359 Å². The number of carbonyl (C=O) groups is 2. The van der Waals surface area contributed by atoms with Gasteiger partial charge in [0.2, 0.25) is 5.95 Å². The van der Waals surface area contributed by atoms with Gasteiger partial charge in [0.05, 0.1) is 49.6 Å². The van der Waals surface area contributed by atoms with E-state index in [0.717, 1.165) is 84.9 Å². The first-order valence-corrected chi connectivity index (χ1v) is 20.1. The molecular formula is C43H47F7N8O5. The van der Waals surface area contributed by atoms with Gasteiger partial charge in [-0.1, -0.05) is 24.0 Å². The highest BCUT2D eigenvalue weighted by atomic mass is 19.4. The van der Waals surface area contributed by atoms with Crippen LogP contribution in [-0.2, 0) is 27.2 Å². The van der Waals surface area contributed by atoms with E-state index in [0.29, 0.717) is 33.4 Å². The topological polar surface area (TPSA) is 147 Å². The van der Waals surface area contributed by atoms with Gasteiger partial charge in [-0.05, 0) is 61.6 Å². The predicted molar refractivity (Wildman–Crippen MR) is 215 cm³/mol. The average Bonchev–Trinajstić information content (AvgIpc) is 3.74. The number of alkyl carbamates (subject to hydrolysis) is 1. The number of hydrogen-bond donors (Lipinski definition) is 3. The molecule has 2 fully saturated rings. The second-order valence-electron chi connectivity index (χ2n) is 16.0. The first-order chi connectivity index (χ1) is 29.9. The van der Waals surface area contributed by atoms with Gasteiger partial charge in [0.25, 0.3) is 0 Å². The fourth-order valence-electron chi connectivity index (χ4n) is 7.21. The van der Waals surface area contributed by atoms with Crippen molar-refractivity contribution < 1.29 is 54.9 Å². The molecule has 4 heterocycles. The zero-order chi connectivity index (χ0) is 45.5. The van der Waals surface area contributed by atoms with Crippen molar-refractivity contribution in [2.75, 3.05) is 57.9 Å². The highest BCUT2D eigenvalue weighted by Crippen LogP contribution is 2.41. The summed E-state index contributed by atoms with van der Waals surface area (Å²) in [5.74, 6) is 2.52. The second-order valence-corrected chi connectivity index (χ2v) is 16.0. The summed E-state index contributed by atoms with van der Waals surface area (Å²) in [6.07, 6.45) is -3.12. The van der Waals surface area contributed by atoms with E-state index in [1.54, 1.807) is 36.7 Å². The number of halogens is 7. The highest BCUT2D eigenvalue weighted by Gasteiger charge is 2.55. The normalized spacial score (nSPS) is 16.5. The van der Waals surface area contributed by atoms with Crippen LogP contribution in [0.2, 0.25) is 0 Å². The number of piperazine rings is 1. The maximum atomic E-state index is 15.1. The van der Waals surface area contributed by atoms with E-state index in [1.807, 2.05) is 5.32 Å². The van der Waals surface area contributed by atoms with Gasteiger partial charge >= 0.3 is 18.8 Å². The van der Waals surface area contributed by atoms with Gasteiger partial charge in [-0.3, -0.25) is 9.69 Å². The molecule has 0 aliphatic carbocycles. The van der Waals surface area contributed by atoms with E-state index < -0.39 is 78.2 Å². The summed E-state index contributed by atoms with van der Waals surface area (Å²) in [4.78, 5) is 39.4. The van der Waals surface area contributed by atoms with Crippen LogP contribution < -0.4 is 15.5 Å². The largest absolute Gasteiger partial charge is 0.453 e. The molecule has 2 aliphatic rings. The highest BCUT2D eigenvalue weighted by molar-refractivity contribution is 5.88. The van der Waals surface area contributed by atoms with E-state index in [4.69, 9.17) is 4.74 Å². The van der Waals surface area contributed by atoms with E-state index in [9.17, 15) is 36.6 Å². The SMILES string of the molecule is COC(=O)N[C@H](C(=O)C[C@@H](Cc1ccc(C#Cc2cnc(N3CCN(C4COC4)CC3)nc2)cc1)[C@@H](O)CNCc1c(F)cc(-c2cnn(C(F)F)c2)cc1F)C(C)(C)C(F)(F)F. The van der Waals surface area contributed by atoms with Gasteiger partial charge in [-0.2, -0.15) is 27.1 Å². The average molecular weight is 889 g/mol. The number of benzene rings is 2. The third-order valence-electron chi connectivity index (χ3n) is 11.3. The van der Waals surface area contributed by atoms with Gasteiger partial charge in [0.15, 0.2) is 5.78 Å². The number of hydrogen-bond acceptors (Lipinski definition) is 11. The number of carbonyl (C=O) groups excluding carboxylic acids is 2. The Morgan fingerprint density at radius 2 is 1.59 bits per heavy atom. The minimum atomic E-state index is -4.94. The van der Waals surface area contributed by atoms with E-state index in [1.165, 1.54) is 0 Å². The number of ketones is 1. The fourth-order valence-corrected chi connectivity index (χ4v) is 7.21. The molecule has 1 amide bonds. The molecule has 338 valence electrons. The van der Waals surface area contributed by atoms with E-state index in [2.05, 4.69) is 46.8 Å². The zero-order valence-electron chi connectivity index (χ0n) is 34.6. The third kappa shape index (κ3) is 11.7. The minimum absolute atomic E-state index is 0.0403. The van der Waals surface area contributed by atoms with Crippen LogP contribution in [0.25, 0.3) is 11.1 Å². The summed E-state index contributed by atoms with van der Waals surface area (Å²) in [7, 11) is 0.934. The van der Waals surface area contributed by atoms with Crippen molar-refractivity contribution in [3.8, 4) is 23.0 Å². The van der Waals surface area contributed by atoms with Crippen LogP contribution in [-0.4, -0.2) is 119 Å². The molecule has 4 aromatic rings. The minimum Gasteiger partial charge on any atom is -0.453 e. The second kappa shape index (κ2) is 20.3. The first kappa shape index (κ1) is 46.9. The van der Waals surface area contributed by atoms with Crippen LogP contribution in [0.1, 0.15) is 49.1 Å². The summed E-state index contributed by atoms with van der Waals surface area (Å²) >= 11 is 0. The van der Waals surface area contributed by atoms with Gasteiger partial charge in [-0.25, -0.2) is 28.2 Å². The monoisotopic (exact) mass is 888 g/mol. The number of anilines is 1. The van der Waals surface area contributed by atoms with Crippen molar-refractivity contribution in [1.29, 1.82) is 0 Å². The first-order valence-electron chi connectivity index (χ1n) is 20.1. The summed E-state index contributed by atoms with van der Waals surface area (Å²) in [6.45, 7) is 2.65. The Morgan fingerprint density at radius 3 is 2.14 bits per heavy atom. The molecule has 0 saturated carbocycles. The third-order valence-corrected chi connectivity index (χ3v) is 11.3. The smallest absolute Gasteiger partial charge is 0.407 e. The van der Waals surface area contributed by atoms with Crippen molar-refractivity contribution in [3.63, 3.8) is 0 Å². The number of aliphatic hydroxyl groups excluding tert-OH is 1. The summed E-state index contributed by atoms with van der Waals surface area (Å²) in [5, 5.41) is 19.6. The van der Waals surface area contributed by atoms with Crippen molar-refractivity contribution >= 4 is 17.8 Å². The molecule has 20 heteroatoms. The van der Waals surface area contributed by atoms with Crippen molar-refractivity contribution in [3.05, 3.63) is 95.1 Å². The molecule has 0 spiro atoms. The van der Waals surface area contributed by atoms with Gasteiger partial charge in [0, 0.05) is 81.0 Å². The van der Waals surface area contributed by atoms with Crippen LogP contribution >= 0.6 is 0 Å². The molecule has 13 nitrogen and oxygen atoms in total. The van der Waals surface area contributed by atoms with Crippen LogP contribution in [0.3, 0.4) is 0 Å². The molecule has 2 aromatic carbocycles. The van der Waals surface area contributed by atoms with Crippen molar-refractivity contribution in [2.45, 2.75) is 64.1 Å². The Bertz CT molecular complexity index is 2230. The predicted octanol–water partition coefficient (Wildman–Crippen LogP) is 5.52. The molecule has 2 aromatic heterocycles. The van der Waals surface area contributed by atoms with Crippen molar-refractivity contribution in [1.82, 2.24) is 35.3 Å². The lowest BCUT2D eigenvalue weighted by Gasteiger charge is -2.42. The number of rotatable bonds is 16. The summed E-state index contributed by atoms with van der Waals surface area (Å²) < 4.78 is 109. The zero-order valence-corrected chi connectivity index (χ0v) is 34.6. The molecule has 2 aliphatic heterocycles. The number of Topliss-reactive ketones (excluding diaryl/α,β-unsaturated/α-hetero) is 1. The van der Waals surface area contributed by atoms with E-state index >= 15 is 8.78 Å². The molecule has 3 N–H and O–H groups in total. The van der Waals surface area contributed by atoms with Crippen LogP contribution in [0.15, 0.2) is 61.2 Å². The standard InChI is InChI=1S/C43H47F7N8O5/c1-42(2,43(48,49)50)38(55-41(61)62-3)36(59)17-30(37(60)22-51-21-33-34(44)15-29(16-35(33)45)31-20-54-58(23-31)39(46)47)14-27-7-4-26(5-8-27)6-9-28-18-52-40(53-19-28)57-12-10-56(11-13-57)32-24-63-25-32/h4-5,7-8,15-16,18-20,23,30,32,37-39,51,60H,10-14,17,21-22,24-25H2,1-3H3,(H,55,61)/t30-,37+,38-/m1/s1. The van der Waals surface area contributed by atoms with Crippen LogP contribution in [0.4, 0.5) is 41.5 Å². The number of aromatic nitrogens is 4. The number of ether oxygens (including phenoxy) is 2. The lowest BCUT2D eigenvalue weighted by atomic mass is 9.77. The molecule has 0 unspecified atom stereocenters. The lowest BCUT2D eigenvalue weighted by Crippen LogP contribution is -2.56. The lowest BCUT2D eigenvalue weighted by molar-refractivity contribution is -0.220.